The van der Waals surface area contributed by atoms with Crippen molar-refractivity contribution >= 4 is 52.1 Å². The van der Waals surface area contributed by atoms with Crippen LogP contribution in [0.5, 0.6) is 0 Å². The maximum Gasteiger partial charge on any atom is 0.269 e. The number of rotatable bonds is 3. The van der Waals surface area contributed by atoms with Crippen molar-refractivity contribution in [2.45, 2.75) is 0 Å². The Kier molecular flexibility index (Phi) is 4.85. The van der Waals surface area contributed by atoms with Crippen LogP contribution in [0.2, 0.25) is 10.0 Å². The van der Waals surface area contributed by atoms with Crippen LogP contribution in [0.15, 0.2) is 54.6 Å². The largest absolute Gasteiger partial charge is 0.321 e. The van der Waals surface area contributed by atoms with E-state index >= 15 is 0 Å². The number of hydrogen-bond donors (Lipinski definition) is 1. The molecule has 1 amide bonds. The fraction of sp³-hybridized carbons (Fsp3) is 0. The fourth-order valence-corrected chi connectivity index (χ4v) is 3.76. The van der Waals surface area contributed by atoms with Crippen LogP contribution >= 0.6 is 23.2 Å². The topological polar surface area (TPSA) is 106 Å². The van der Waals surface area contributed by atoms with Gasteiger partial charge in [-0.2, -0.15) is 0 Å². The Hall–Kier alpha value is -3.55. The first-order valence-electron chi connectivity index (χ1n) is 8.56. The van der Waals surface area contributed by atoms with Crippen molar-refractivity contribution < 1.29 is 19.3 Å². The SMILES string of the molecule is O=C(Nc1cccc2c1C(=O)c1c(Cl)ccc(Cl)c1C2=O)c1ccc([N+](=O)[O-])cc1. The molecule has 30 heavy (non-hydrogen) atoms. The zero-order valence-electron chi connectivity index (χ0n) is 14.9. The van der Waals surface area contributed by atoms with Crippen LogP contribution in [0.4, 0.5) is 11.4 Å². The number of anilines is 1. The predicted molar refractivity (Wildman–Crippen MR) is 111 cm³/mol. The number of carbonyl (C=O) groups excluding carboxylic acids is 3. The quantitative estimate of drug-likeness (QED) is 0.359. The van der Waals surface area contributed by atoms with Gasteiger partial charge in [0.05, 0.1) is 37.3 Å². The number of amides is 1. The Labute approximate surface area is 179 Å². The summed E-state index contributed by atoms with van der Waals surface area (Å²) >= 11 is 12.3. The van der Waals surface area contributed by atoms with Gasteiger partial charge in [0, 0.05) is 23.3 Å². The Bertz CT molecular complexity index is 1270. The molecule has 148 valence electrons. The van der Waals surface area contributed by atoms with E-state index in [9.17, 15) is 24.5 Å². The van der Waals surface area contributed by atoms with E-state index in [1.807, 2.05) is 0 Å². The van der Waals surface area contributed by atoms with Gasteiger partial charge in [0.15, 0.2) is 11.6 Å². The van der Waals surface area contributed by atoms with E-state index in [0.717, 1.165) is 0 Å². The number of fused-ring (bicyclic) bond motifs is 2. The van der Waals surface area contributed by atoms with Gasteiger partial charge >= 0.3 is 0 Å². The second-order valence-electron chi connectivity index (χ2n) is 6.42. The molecule has 0 radical (unpaired) electrons. The monoisotopic (exact) mass is 440 g/mol. The van der Waals surface area contributed by atoms with Gasteiger partial charge in [-0.25, -0.2) is 0 Å². The molecule has 1 aliphatic carbocycles. The van der Waals surface area contributed by atoms with E-state index in [1.54, 1.807) is 0 Å². The van der Waals surface area contributed by atoms with Crippen molar-refractivity contribution in [2.75, 3.05) is 5.32 Å². The van der Waals surface area contributed by atoms with E-state index in [1.165, 1.54) is 54.6 Å². The van der Waals surface area contributed by atoms with Crippen molar-refractivity contribution in [3.8, 4) is 0 Å². The smallest absolute Gasteiger partial charge is 0.269 e. The van der Waals surface area contributed by atoms with E-state index in [4.69, 9.17) is 23.2 Å². The van der Waals surface area contributed by atoms with Crippen LogP contribution in [0.25, 0.3) is 0 Å². The van der Waals surface area contributed by atoms with Gasteiger partial charge in [0.25, 0.3) is 11.6 Å². The molecule has 0 saturated heterocycles. The average Bonchev–Trinajstić information content (AvgIpc) is 2.73. The number of halogens is 2. The Balaban J connectivity index is 1.75. The lowest BCUT2D eigenvalue weighted by Gasteiger charge is -2.22. The number of non-ortho nitro benzene ring substituents is 1. The van der Waals surface area contributed by atoms with Gasteiger partial charge in [-0.1, -0.05) is 35.3 Å². The van der Waals surface area contributed by atoms with Gasteiger partial charge in [-0.3, -0.25) is 24.5 Å². The molecule has 1 N–H and O–H groups in total. The molecule has 0 spiro atoms. The molecular weight excluding hydrogens is 431 g/mol. The number of benzene rings is 3. The molecule has 0 bridgehead atoms. The molecule has 1 aliphatic rings. The minimum Gasteiger partial charge on any atom is -0.321 e. The van der Waals surface area contributed by atoms with E-state index in [2.05, 4.69) is 5.32 Å². The Morgan fingerprint density at radius 3 is 2.03 bits per heavy atom. The summed E-state index contributed by atoms with van der Waals surface area (Å²) in [5.74, 6) is -1.60. The highest BCUT2D eigenvalue weighted by atomic mass is 35.5. The lowest BCUT2D eigenvalue weighted by Crippen LogP contribution is -2.24. The standard InChI is InChI=1S/C21H10Cl2N2O5/c22-13-8-9-14(23)18-17(13)19(26)12-2-1-3-15(16(12)20(18)27)24-21(28)10-4-6-11(7-5-10)25(29)30/h1-9H,(H,24,28). The van der Waals surface area contributed by atoms with Crippen LogP contribution in [0, 0.1) is 10.1 Å². The Morgan fingerprint density at radius 2 is 1.43 bits per heavy atom. The summed E-state index contributed by atoms with van der Waals surface area (Å²) < 4.78 is 0. The second kappa shape index (κ2) is 7.37. The Morgan fingerprint density at radius 1 is 0.833 bits per heavy atom. The molecule has 0 saturated carbocycles. The fourth-order valence-electron chi connectivity index (χ4n) is 3.27. The van der Waals surface area contributed by atoms with Crippen molar-refractivity contribution in [1.82, 2.24) is 0 Å². The van der Waals surface area contributed by atoms with E-state index in [-0.39, 0.29) is 49.2 Å². The highest BCUT2D eigenvalue weighted by molar-refractivity contribution is 6.44. The van der Waals surface area contributed by atoms with Gasteiger partial charge in [-0.05, 0) is 30.3 Å². The van der Waals surface area contributed by atoms with Crippen LogP contribution in [-0.4, -0.2) is 22.4 Å². The molecule has 4 rings (SSSR count). The van der Waals surface area contributed by atoms with Crippen molar-refractivity contribution in [1.29, 1.82) is 0 Å². The molecular formula is C21H10Cl2N2O5. The second-order valence-corrected chi connectivity index (χ2v) is 7.24. The zero-order chi connectivity index (χ0) is 21.6. The van der Waals surface area contributed by atoms with Crippen LogP contribution in [-0.2, 0) is 0 Å². The first kappa shape index (κ1) is 19.8. The average molecular weight is 441 g/mol. The number of nitrogens with zero attached hydrogens (tertiary/aromatic N) is 1. The molecule has 0 atom stereocenters. The highest BCUT2D eigenvalue weighted by Gasteiger charge is 2.35. The summed E-state index contributed by atoms with van der Waals surface area (Å²) in [4.78, 5) is 48.9. The first-order chi connectivity index (χ1) is 14.3. The van der Waals surface area contributed by atoms with Crippen molar-refractivity contribution in [3.05, 3.63) is 103 Å². The summed E-state index contributed by atoms with van der Waals surface area (Å²) in [6.45, 7) is 0. The van der Waals surface area contributed by atoms with Crippen molar-refractivity contribution in [2.24, 2.45) is 0 Å². The molecule has 9 heteroatoms. The number of hydrogen-bond acceptors (Lipinski definition) is 5. The van der Waals surface area contributed by atoms with Gasteiger partial charge in [0.1, 0.15) is 0 Å². The number of nitrogens with one attached hydrogen (secondary N) is 1. The molecule has 7 nitrogen and oxygen atoms in total. The lowest BCUT2D eigenvalue weighted by molar-refractivity contribution is -0.384. The third kappa shape index (κ3) is 3.14. The van der Waals surface area contributed by atoms with E-state index < -0.39 is 22.4 Å². The van der Waals surface area contributed by atoms with Gasteiger partial charge < -0.3 is 5.32 Å². The molecule has 0 fully saturated rings. The third-order valence-corrected chi connectivity index (χ3v) is 5.31. The third-order valence-electron chi connectivity index (χ3n) is 4.68. The summed E-state index contributed by atoms with van der Waals surface area (Å²) in [5, 5.41) is 13.5. The number of nitro benzene ring substituents is 1. The normalized spacial score (nSPS) is 12.2. The molecule has 0 aliphatic heterocycles. The highest BCUT2D eigenvalue weighted by Crippen LogP contribution is 2.38. The first-order valence-corrected chi connectivity index (χ1v) is 9.31. The number of carbonyl (C=O) groups is 3. The van der Waals surface area contributed by atoms with Crippen molar-refractivity contribution in [3.63, 3.8) is 0 Å². The summed E-state index contributed by atoms with van der Waals surface area (Å²) in [6, 6.07) is 12.3. The number of ketones is 2. The van der Waals surface area contributed by atoms with Gasteiger partial charge in [-0.15, -0.1) is 0 Å². The minimum atomic E-state index is -0.596. The minimum absolute atomic E-state index is 0.00873. The predicted octanol–water partition coefficient (Wildman–Crippen LogP) is 4.93. The van der Waals surface area contributed by atoms with E-state index in [0.29, 0.717) is 0 Å². The lowest BCUT2D eigenvalue weighted by atomic mass is 9.83. The molecule has 0 aromatic heterocycles. The molecule has 0 unspecified atom stereocenters. The molecule has 0 heterocycles. The summed E-state index contributed by atoms with van der Waals surface area (Å²) in [7, 11) is 0. The maximum atomic E-state index is 13.2. The van der Waals surface area contributed by atoms with Crippen LogP contribution in [0.1, 0.15) is 42.2 Å². The number of nitro groups is 1. The van der Waals surface area contributed by atoms with Crippen LogP contribution in [0.3, 0.4) is 0 Å². The zero-order valence-corrected chi connectivity index (χ0v) is 16.5. The maximum absolute atomic E-state index is 13.2. The summed E-state index contributed by atoms with van der Waals surface area (Å²) in [6.07, 6.45) is 0. The molecule has 3 aromatic carbocycles. The summed E-state index contributed by atoms with van der Waals surface area (Å²) in [5.41, 5.74) is 0.226. The molecule has 3 aromatic rings. The van der Waals surface area contributed by atoms with Gasteiger partial charge in [0.2, 0.25) is 0 Å². The van der Waals surface area contributed by atoms with Crippen LogP contribution < -0.4 is 5.32 Å².